The first-order chi connectivity index (χ1) is 12.5. The number of nitrogens with one attached hydrogen (secondary N) is 1. The first kappa shape index (κ1) is 19.3. The van der Waals surface area contributed by atoms with Gasteiger partial charge in [0.1, 0.15) is 0 Å². The fourth-order valence-electron chi connectivity index (χ4n) is 3.51. The van der Waals surface area contributed by atoms with E-state index < -0.39 is 0 Å². The van der Waals surface area contributed by atoms with Gasteiger partial charge in [-0.2, -0.15) is 0 Å². The summed E-state index contributed by atoms with van der Waals surface area (Å²) in [7, 11) is 0. The first-order valence-electron chi connectivity index (χ1n) is 9.63. The minimum Gasteiger partial charge on any atom is -0.381 e. The number of carbonyl (C=O) groups is 2. The maximum Gasteiger partial charge on any atom is 0.228 e. The van der Waals surface area contributed by atoms with Gasteiger partial charge in [-0.05, 0) is 19.3 Å². The first-order valence-corrected chi connectivity index (χ1v) is 10.5. The quantitative estimate of drug-likeness (QED) is 0.822. The summed E-state index contributed by atoms with van der Waals surface area (Å²) in [4.78, 5) is 31.0. The number of nitrogens with zero attached hydrogens (tertiary/aromatic N) is 2. The number of piperidine rings is 1. The van der Waals surface area contributed by atoms with Crippen molar-refractivity contribution in [1.82, 2.24) is 15.2 Å². The Labute approximate surface area is 159 Å². The summed E-state index contributed by atoms with van der Waals surface area (Å²) in [6.07, 6.45) is 3.72. The van der Waals surface area contributed by atoms with Crippen molar-refractivity contribution in [2.45, 2.75) is 45.4 Å². The van der Waals surface area contributed by atoms with Crippen molar-refractivity contribution in [1.29, 1.82) is 0 Å². The van der Waals surface area contributed by atoms with Crippen LogP contribution in [0.2, 0.25) is 0 Å². The molecule has 2 fully saturated rings. The molecule has 26 heavy (non-hydrogen) atoms. The van der Waals surface area contributed by atoms with Gasteiger partial charge in [-0.1, -0.05) is 13.8 Å². The predicted octanol–water partition coefficient (Wildman–Crippen LogP) is 2.20. The van der Waals surface area contributed by atoms with Gasteiger partial charge in [-0.15, -0.1) is 11.3 Å². The summed E-state index contributed by atoms with van der Waals surface area (Å²) in [6, 6.07) is 0. The van der Waals surface area contributed by atoms with Gasteiger partial charge in [0.05, 0.1) is 23.2 Å². The van der Waals surface area contributed by atoms with Crippen molar-refractivity contribution in [3.63, 3.8) is 0 Å². The highest BCUT2D eigenvalue weighted by Gasteiger charge is 2.32. The van der Waals surface area contributed by atoms with Crippen LogP contribution in [-0.2, 0) is 20.7 Å². The van der Waals surface area contributed by atoms with Crippen molar-refractivity contribution in [2.75, 3.05) is 32.8 Å². The molecule has 0 bridgehead atoms. The third-order valence-corrected chi connectivity index (χ3v) is 6.19. The molecule has 3 heterocycles. The minimum atomic E-state index is 0.0111. The second kappa shape index (κ2) is 8.95. The van der Waals surface area contributed by atoms with Crippen LogP contribution >= 0.6 is 11.3 Å². The maximum atomic E-state index is 12.6. The average molecular weight is 380 g/mol. The molecule has 6 nitrogen and oxygen atoms in total. The van der Waals surface area contributed by atoms with Crippen molar-refractivity contribution >= 4 is 23.2 Å². The van der Waals surface area contributed by atoms with Gasteiger partial charge >= 0.3 is 0 Å². The van der Waals surface area contributed by atoms with Gasteiger partial charge in [0, 0.05) is 49.9 Å². The molecular formula is C19H29N3O3S. The van der Waals surface area contributed by atoms with Gasteiger partial charge in [-0.3, -0.25) is 9.59 Å². The van der Waals surface area contributed by atoms with E-state index in [4.69, 9.17) is 9.72 Å². The normalized spacial score (nSPS) is 23.4. The fourth-order valence-corrected chi connectivity index (χ4v) is 4.49. The van der Waals surface area contributed by atoms with Crippen molar-refractivity contribution in [2.24, 2.45) is 11.8 Å². The van der Waals surface area contributed by atoms with Crippen LogP contribution in [0, 0.1) is 11.8 Å². The molecule has 2 aliphatic heterocycles. The van der Waals surface area contributed by atoms with E-state index >= 15 is 0 Å². The average Bonchev–Trinajstić information content (AvgIpc) is 3.33. The van der Waals surface area contributed by atoms with Crippen LogP contribution in [-0.4, -0.2) is 54.5 Å². The molecule has 0 saturated carbocycles. The van der Waals surface area contributed by atoms with Gasteiger partial charge in [0.2, 0.25) is 11.8 Å². The molecule has 0 aromatic carbocycles. The molecule has 7 heteroatoms. The highest BCUT2D eigenvalue weighted by Crippen LogP contribution is 2.30. The Balaban J connectivity index is 1.51. The minimum absolute atomic E-state index is 0.0111. The molecule has 2 saturated heterocycles. The third kappa shape index (κ3) is 4.82. The Morgan fingerprint density at radius 3 is 3.00 bits per heavy atom. The SMILES string of the molecule is CC(C)C(=O)NCCc1csc([C@H]2CCCN(C(=O)[C@@H]3CCOC3)C2)n1. The van der Waals surface area contributed by atoms with E-state index in [0.717, 1.165) is 49.5 Å². The van der Waals surface area contributed by atoms with E-state index in [1.54, 1.807) is 11.3 Å². The van der Waals surface area contributed by atoms with Crippen LogP contribution in [0.5, 0.6) is 0 Å². The smallest absolute Gasteiger partial charge is 0.228 e. The van der Waals surface area contributed by atoms with Gasteiger partial charge in [0.25, 0.3) is 0 Å². The van der Waals surface area contributed by atoms with E-state index in [1.165, 1.54) is 0 Å². The molecule has 2 amide bonds. The zero-order valence-corrected chi connectivity index (χ0v) is 16.5. The van der Waals surface area contributed by atoms with E-state index in [1.807, 2.05) is 18.7 Å². The summed E-state index contributed by atoms with van der Waals surface area (Å²) in [5, 5.41) is 6.14. The topological polar surface area (TPSA) is 71.5 Å². The molecule has 1 aromatic rings. The number of aromatic nitrogens is 1. The molecular weight excluding hydrogens is 350 g/mol. The van der Waals surface area contributed by atoms with E-state index in [-0.39, 0.29) is 23.7 Å². The zero-order chi connectivity index (χ0) is 18.5. The van der Waals surface area contributed by atoms with Crippen LogP contribution in [0.4, 0.5) is 0 Å². The number of likely N-dealkylation sites (tertiary alicyclic amines) is 1. The number of hydrogen-bond donors (Lipinski definition) is 1. The molecule has 0 radical (unpaired) electrons. The standard InChI is InChI=1S/C19H29N3O3S/c1-13(2)17(23)20-7-5-16-12-26-18(21-16)14-4-3-8-22(10-14)19(24)15-6-9-25-11-15/h12-15H,3-11H2,1-2H3,(H,20,23)/t14-,15+/m0/s1. The van der Waals surface area contributed by atoms with E-state index in [2.05, 4.69) is 10.7 Å². The summed E-state index contributed by atoms with van der Waals surface area (Å²) in [5.74, 6) is 0.722. The maximum absolute atomic E-state index is 12.6. The van der Waals surface area contributed by atoms with Gasteiger partial charge < -0.3 is 15.0 Å². The van der Waals surface area contributed by atoms with Gasteiger partial charge in [-0.25, -0.2) is 4.98 Å². The molecule has 144 valence electrons. The van der Waals surface area contributed by atoms with Crippen LogP contribution in [0.3, 0.4) is 0 Å². The molecule has 0 spiro atoms. The Morgan fingerprint density at radius 2 is 2.27 bits per heavy atom. The van der Waals surface area contributed by atoms with E-state index in [9.17, 15) is 9.59 Å². The molecule has 3 rings (SSSR count). The van der Waals surface area contributed by atoms with Gasteiger partial charge in [0.15, 0.2) is 0 Å². The summed E-state index contributed by atoms with van der Waals surface area (Å²) in [6.45, 7) is 7.31. The second-order valence-electron chi connectivity index (χ2n) is 7.56. The highest BCUT2D eigenvalue weighted by atomic mass is 32.1. The van der Waals surface area contributed by atoms with Crippen LogP contribution in [0.15, 0.2) is 5.38 Å². The largest absolute Gasteiger partial charge is 0.381 e. The Morgan fingerprint density at radius 1 is 1.42 bits per heavy atom. The number of ether oxygens (including phenoxy) is 1. The lowest BCUT2D eigenvalue weighted by molar-refractivity contribution is -0.136. The van der Waals surface area contributed by atoms with Crippen LogP contribution < -0.4 is 5.32 Å². The number of rotatable bonds is 6. The monoisotopic (exact) mass is 379 g/mol. The third-order valence-electron chi connectivity index (χ3n) is 5.14. The molecule has 1 aromatic heterocycles. The van der Waals surface area contributed by atoms with Crippen molar-refractivity contribution in [3.05, 3.63) is 16.1 Å². The van der Waals surface area contributed by atoms with Crippen molar-refractivity contribution < 1.29 is 14.3 Å². The Bertz CT molecular complexity index is 625. The van der Waals surface area contributed by atoms with E-state index in [0.29, 0.717) is 25.7 Å². The Kier molecular flexibility index (Phi) is 6.64. The van der Waals surface area contributed by atoms with Crippen molar-refractivity contribution in [3.8, 4) is 0 Å². The molecule has 2 aliphatic rings. The highest BCUT2D eigenvalue weighted by molar-refractivity contribution is 7.09. The molecule has 1 N–H and O–H groups in total. The second-order valence-corrected chi connectivity index (χ2v) is 8.45. The molecule has 0 unspecified atom stereocenters. The zero-order valence-electron chi connectivity index (χ0n) is 15.7. The number of thiazole rings is 1. The number of amides is 2. The molecule has 0 aliphatic carbocycles. The number of carbonyl (C=O) groups excluding carboxylic acids is 2. The van der Waals surface area contributed by atoms with Crippen LogP contribution in [0.25, 0.3) is 0 Å². The predicted molar refractivity (Wildman–Crippen MR) is 101 cm³/mol. The summed E-state index contributed by atoms with van der Waals surface area (Å²) in [5.41, 5.74) is 1.03. The Hall–Kier alpha value is -1.47. The summed E-state index contributed by atoms with van der Waals surface area (Å²) < 4.78 is 5.37. The summed E-state index contributed by atoms with van der Waals surface area (Å²) >= 11 is 1.68. The lowest BCUT2D eigenvalue weighted by atomic mass is 9.97. The van der Waals surface area contributed by atoms with Crippen LogP contribution in [0.1, 0.15) is 49.7 Å². The lowest BCUT2D eigenvalue weighted by Crippen LogP contribution is -2.42. The number of hydrogen-bond acceptors (Lipinski definition) is 5. The fraction of sp³-hybridized carbons (Fsp3) is 0.737. The molecule has 2 atom stereocenters. The lowest BCUT2D eigenvalue weighted by Gasteiger charge is -2.33.